The van der Waals surface area contributed by atoms with E-state index in [1.807, 2.05) is 25.1 Å². The van der Waals surface area contributed by atoms with Crippen LogP contribution in [0.4, 0.5) is 0 Å². The highest BCUT2D eigenvalue weighted by atomic mass is 32.1. The van der Waals surface area contributed by atoms with E-state index in [1.54, 1.807) is 7.11 Å². The lowest BCUT2D eigenvalue weighted by Crippen LogP contribution is -2.46. The minimum atomic E-state index is -0.444. The number of likely N-dealkylation sites (tertiary alicyclic amines) is 1. The van der Waals surface area contributed by atoms with Gasteiger partial charge in [-0.2, -0.15) is 4.52 Å². The van der Waals surface area contributed by atoms with E-state index < -0.39 is 5.79 Å². The van der Waals surface area contributed by atoms with E-state index in [2.05, 4.69) is 21.0 Å². The van der Waals surface area contributed by atoms with E-state index in [0.717, 1.165) is 42.1 Å². The van der Waals surface area contributed by atoms with Crippen LogP contribution < -0.4 is 4.74 Å². The number of aryl methyl sites for hydroxylation is 1. The first kappa shape index (κ1) is 18.8. The van der Waals surface area contributed by atoms with Crippen LogP contribution in [-0.2, 0) is 9.47 Å². The van der Waals surface area contributed by atoms with Crippen LogP contribution in [0.25, 0.3) is 4.96 Å². The SMILES string of the molecule is COc1cccc([C@@H](c2sc3nc(C)nn3c2O)N2CCC3(CC2)OCCO3)c1. The minimum Gasteiger partial charge on any atom is -0.497 e. The highest BCUT2D eigenvalue weighted by molar-refractivity contribution is 7.17. The molecule has 0 radical (unpaired) electrons. The molecule has 9 heteroatoms. The van der Waals surface area contributed by atoms with Crippen molar-refractivity contribution in [1.82, 2.24) is 19.5 Å². The monoisotopic (exact) mass is 416 g/mol. The maximum atomic E-state index is 11.0. The molecule has 2 fully saturated rings. The lowest BCUT2D eigenvalue weighted by molar-refractivity contribution is -0.187. The van der Waals surface area contributed by atoms with Gasteiger partial charge in [-0.1, -0.05) is 23.5 Å². The average Bonchev–Trinajstić information content (AvgIpc) is 3.41. The van der Waals surface area contributed by atoms with Crippen molar-refractivity contribution < 1.29 is 19.3 Å². The lowest BCUT2D eigenvalue weighted by atomic mass is 9.97. The van der Waals surface area contributed by atoms with Gasteiger partial charge in [0.2, 0.25) is 10.8 Å². The standard InChI is InChI=1S/C20H24N4O4S/c1-13-21-19-24(22-13)18(25)17(29-19)16(14-4-3-5-15(12-14)26-2)23-8-6-20(7-9-23)27-10-11-28-20/h3-5,12,16,25H,6-11H2,1-2H3/t16-/m0/s1. The van der Waals surface area contributed by atoms with Crippen LogP contribution in [0.15, 0.2) is 24.3 Å². The molecule has 3 aromatic rings. The normalized spacial score (nSPS) is 20.5. The fourth-order valence-electron chi connectivity index (χ4n) is 4.27. The Balaban J connectivity index is 1.54. The highest BCUT2D eigenvalue weighted by Gasteiger charge is 2.42. The molecule has 2 saturated heterocycles. The second-order valence-electron chi connectivity index (χ2n) is 7.47. The molecule has 2 aliphatic heterocycles. The van der Waals surface area contributed by atoms with Gasteiger partial charge in [-0.05, 0) is 24.6 Å². The largest absolute Gasteiger partial charge is 0.497 e. The predicted molar refractivity (Wildman–Crippen MR) is 108 cm³/mol. The van der Waals surface area contributed by atoms with E-state index in [-0.39, 0.29) is 11.9 Å². The first-order valence-corrected chi connectivity index (χ1v) is 10.6. The van der Waals surface area contributed by atoms with Crippen molar-refractivity contribution in [2.75, 3.05) is 33.4 Å². The average molecular weight is 417 g/mol. The van der Waals surface area contributed by atoms with Gasteiger partial charge in [0.25, 0.3) is 0 Å². The summed E-state index contributed by atoms with van der Waals surface area (Å²) in [6, 6.07) is 7.88. The molecule has 1 aromatic carbocycles. The second-order valence-corrected chi connectivity index (χ2v) is 8.48. The van der Waals surface area contributed by atoms with Crippen molar-refractivity contribution >= 4 is 16.3 Å². The molecule has 5 rings (SSSR count). The number of rotatable bonds is 4. The summed E-state index contributed by atoms with van der Waals surface area (Å²) < 4.78 is 18.8. The number of nitrogens with zero attached hydrogens (tertiary/aromatic N) is 4. The van der Waals surface area contributed by atoms with Crippen molar-refractivity contribution in [3.63, 3.8) is 0 Å². The molecule has 2 aliphatic rings. The van der Waals surface area contributed by atoms with E-state index >= 15 is 0 Å². The Morgan fingerprint density at radius 3 is 2.69 bits per heavy atom. The van der Waals surface area contributed by atoms with Gasteiger partial charge >= 0.3 is 0 Å². The summed E-state index contributed by atoms with van der Waals surface area (Å²) in [7, 11) is 1.66. The third-order valence-corrected chi connectivity index (χ3v) is 6.77. The smallest absolute Gasteiger partial charge is 0.230 e. The van der Waals surface area contributed by atoms with Gasteiger partial charge in [0.15, 0.2) is 5.79 Å². The summed E-state index contributed by atoms with van der Waals surface area (Å²) in [5.74, 6) is 1.14. The van der Waals surface area contributed by atoms with Gasteiger partial charge in [-0.3, -0.25) is 4.90 Å². The van der Waals surface area contributed by atoms with Gasteiger partial charge in [-0.25, -0.2) is 4.98 Å². The van der Waals surface area contributed by atoms with Crippen molar-refractivity contribution in [3.05, 3.63) is 40.5 Å². The fraction of sp³-hybridized carbons (Fsp3) is 0.500. The quantitative estimate of drug-likeness (QED) is 0.700. The first-order chi connectivity index (χ1) is 14.1. The number of benzene rings is 1. The Labute approximate surface area is 172 Å². The first-order valence-electron chi connectivity index (χ1n) is 9.79. The zero-order chi connectivity index (χ0) is 20.0. The lowest BCUT2D eigenvalue weighted by Gasteiger charge is -2.41. The van der Waals surface area contributed by atoms with E-state index in [9.17, 15) is 5.11 Å². The molecule has 0 bridgehead atoms. The Hall–Kier alpha value is -2.20. The molecular formula is C20H24N4O4S. The van der Waals surface area contributed by atoms with Gasteiger partial charge in [0.05, 0.1) is 31.2 Å². The third-order valence-electron chi connectivity index (χ3n) is 5.70. The van der Waals surface area contributed by atoms with Crippen LogP contribution in [0.5, 0.6) is 11.6 Å². The Morgan fingerprint density at radius 2 is 2.00 bits per heavy atom. The molecule has 1 spiro atoms. The molecule has 0 amide bonds. The van der Waals surface area contributed by atoms with Crippen molar-refractivity contribution in [2.24, 2.45) is 0 Å². The molecule has 0 saturated carbocycles. The third kappa shape index (κ3) is 3.28. The topological polar surface area (TPSA) is 81.4 Å². The molecule has 4 heterocycles. The van der Waals surface area contributed by atoms with Crippen LogP contribution in [0, 0.1) is 6.92 Å². The molecule has 0 unspecified atom stereocenters. The summed E-state index contributed by atoms with van der Waals surface area (Å²) in [5.41, 5.74) is 1.06. The van der Waals surface area contributed by atoms with E-state index in [0.29, 0.717) is 24.0 Å². The second kappa shape index (κ2) is 7.24. The van der Waals surface area contributed by atoms with Gasteiger partial charge < -0.3 is 19.3 Å². The number of thiazole rings is 1. The number of piperidine rings is 1. The summed E-state index contributed by atoms with van der Waals surface area (Å²) >= 11 is 1.47. The molecule has 8 nitrogen and oxygen atoms in total. The number of methoxy groups -OCH3 is 1. The van der Waals surface area contributed by atoms with Gasteiger partial charge in [0, 0.05) is 25.9 Å². The summed E-state index contributed by atoms with van der Waals surface area (Å²) in [5, 5.41) is 15.3. The van der Waals surface area contributed by atoms with Crippen molar-refractivity contribution in [2.45, 2.75) is 31.6 Å². The number of aromatic nitrogens is 3. The van der Waals surface area contributed by atoms with Crippen molar-refractivity contribution in [3.8, 4) is 11.6 Å². The molecule has 29 heavy (non-hydrogen) atoms. The maximum absolute atomic E-state index is 11.0. The summed E-state index contributed by atoms with van der Waals surface area (Å²) in [6.45, 7) is 4.74. The van der Waals surface area contributed by atoms with Crippen molar-refractivity contribution in [1.29, 1.82) is 0 Å². The minimum absolute atomic E-state index is 0.127. The molecular weight excluding hydrogens is 392 g/mol. The van der Waals surface area contributed by atoms with Gasteiger partial charge in [-0.15, -0.1) is 5.10 Å². The predicted octanol–water partition coefficient (Wildman–Crippen LogP) is 2.74. The number of ether oxygens (including phenoxy) is 3. The number of fused-ring (bicyclic) bond motifs is 1. The number of hydrogen-bond donors (Lipinski definition) is 1. The molecule has 2 aromatic heterocycles. The summed E-state index contributed by atoms with van der Waals surface area (Å²) in [6.07, 6.45) is 1.60. The van der Waals surface area contributed by atoms with Crippen LogP contribution in [0.2, 0.25) is 0 Å². The van der Waals surface area contributed by atoms with Gasteiger partial charge in [0.1, 0.15) is 11.6 Å². The zero-order valence-electron chi connectivity index (χ0n) is 16.5. The Bertz CT molecular complexity index is 1020. The van der Waals surface area contributed by atoms with Crippen LogP contribution in [0.3, 0.4) is 0 Å². The summed E-state index contributed by atoms with van der Waals surface area (Å²) in [4.78, 5) is 8.32. The van der Waals surface area contributed by atoms with Crippen LogP contribution in [-0.4, -0.2) is 63.8 Å². The molecule has 1 atom stereocenters. The Kier molecular flexibility index (Phi) is 4.70. The number of aromatic hydroxyl groups is 1. The number of hydrogen-bond acceptors (Lipinski definition) is 8. The van der Waals surface area contributed by atoms with E-state index in [4.69, 9.17) is 14.2 Å². The fourth-order valence-corrected chi connectivity index (χ4v) is 5.44. The molecule has 0 aliphatic carbocycles. The zero-order valence-corrected chi connectivity index (χ0v) is 17.3. The van der Waals surface area contributed by atoms with Crippen LogP contribution in [0.1, 0.15) is 35.1 Å². The van der Waals surface area contributed by atoms with E-state index in [1.165, 1.54) is 15.9 Å². The maximum Gasteiger partial charge on any atom is 0.230 e. The Morgan fingerprint density at radius 1 is 1.24 bits per heavy atom. The van der Waals surface area contributed by atoms with Crippen LogP contribution >= 0.6 is 11.3 Å². The molecule has 154 valence electrons. The highest BCUT2D eigenvalue weighted by Crippen LogP contribution is 2.43. The molecule has 1 N–H and O–H groups in total.